The first-order chi connectivity index (χ1) is 8.90. The molecule has 19 heavy (non-hydrogen) atoms. The monoisotopic (exact) mass is 300 g/mol. The molecule has 0 fully saturated rings. The molecule has 0 aliphatic rings. The molecule has 0 aliphatic carbocycles. The van der Waals surface area contributed by atoms with E-state index in [2.05, 4.69) is 0 Å². The standard InChI is InChI=1S/C13H7Cl2FO3/c14-10-3-6(16)1-2-7(10)8-4-9(13(18)19)12(17)5-11(8)15/h1-5,17H,(H,18,19). The number of carboxylic acid groups (broad SMARTS) is 1. The molecule has 0 saturated heterocycles. The Hall–Kier alpha value is -1.78. The lowest BCUT2D eigenvalue weighted by Gasteiger charge is -2.09. The van der Waals surface area contributed by atoms with Crippen molar-refractivity contribution in [2.24, 2.45) is 0 Å². The average Bonchev–Trinajstić information content (AvgIpc) is 2.30. The molecule has 2 aromatic carbocycles. The van der Waals surface area contributed by atoms with Crippen molar-refractivity contribution in [3.05, 3.63) is 51.8 Å². The third-order valence-corrected chi connectivity index (χ3v) is 3.16. The van der Waals surface area contributed by atoms with Gasteiger partial charge in [0.05, 0.1) is 10.0 Å². The summed E-state index contributed by atoms with van der Waals surface area (Å²) in [5.74, 6) is -2.25. The Morgan fingerprint density at radius 1 is 1.05 bits per heavy atom. The van der Waals surface area contributed by atoms with Gasteiger partial charge in [-0.25, -0.2) is 9.18 Å². The Labute approximate surface area is 117 Å². The molecule has 0 amide bonds. The number of hydrogen-bond donors (Lipinski definition) is 2. The molecule has 0 radical (unpaired) electrons. The van der Waals surface area contributed by atoms with Crippen molar-refractivity contribution in [1.82, 2.24) is 0 Å². The highest BCUT2D eigenvalue weighted by Crippen LogP contribution is 2.37. The Morgan fingerprint density at radius 2 is 1.68 bits per heavy atom. The van der Waals surface area contributed by atoms with Crippen molar-refractivity contribution in [2.45, 2.75) is 0 Å². The molecular formula is C13H7Cl2FO3. The third kappa shape index (κ3) is 2.64. The van der Waals surface area contributed by atoms with E-state index in [9.17, 15) is 14.3 Å². The number of hydrogen-bond acceptors (Lipinski definition) is 2. The second kappa shape index (κ2) is 5.07. The van der Waals surface area contributed by atoms with Crippen LogP contribution in [-0.4, -0.2) is 16.2 Å². The summed E-state index contributed by atoms with van der Waals surface area (Å²) in [7, 11) is 0. The zero-order chi connectivity index (χ0) is 14.2. The lowest BCUT2D eigenvalue weighted by atomic mass is 10.0. The van der Waals surface area contributed by atoms with Gasteiger partial charge < -0.3 is 10.2 Å². The minimum Gasteiger partial charge on any atom is -0.507 e. The predicted octanol–water partition coefficient (Wildman–Crippen LogP) is 4.20. The number of phenols is 1. The van der Waals surface area contributed by atoms with Crippen LogP contribution in [-0.2, 0) is 0 Å². The summed E-state index contributed by atoms with van der Waals surface area (Å²) >= 11 is 11.8. The van der Waals surface area contributed by atoms with Crippen molar-refractivity contribution in [3.8, 4) is 16.9 Å². The van der Waals surface area contributed by atoms with Gasteiger partial charge in [0.1, 0.15) is 17.1 Å². The maximum atomic E-state index is 13.0. The molecule has 2 rings (SSSR count). The van der Waals surface area contributed by atoms with Gasteiger partial charge in [-0.3, -0.25) is 0 Å². The van der Waals surface area contributed by atoms with Gasteiger partial charge in [0.25, 0.3) is 0 Å². The highest BCUT2D eigenvalue weighted by molar-refractivity contribution is 6.36. The average molecular weight is 301 g/mol. The van der Waals surface area contributed by atoms with Crippen molar-refractivity contribution in [2.75, 3.05) is 0 Å². The largest absolute Gasteiger partial charge is 0.507 e. The number of halogens is 3. The van der Waals surface area contributed by atoms with E-state index < -0.39 is 17.5 Å². The summed E-state index contributed by atoms with van der Waals surface area (Å²) in [6.07, 6.45) is 0. The topological polar surface area (TPSA) is 57.5 Å². The van der Waals surface area contributed by atoms with Gasteiger partial charge in [-0.05, 0) is 24.3 Å². The van der Waals surface area contributed by atoms with Gasteiger partial charge >= 0.3 is 5.97 Å². The van der Waals surface area contributed by atoms with Crippen molar-refractivity contribution in [1.29, 1.82) is 0 Å². The van der Waals surface area contributed by atoms with E-state index in [0.717, 1.165) is 12.1 Å². The summed E-state index contributed by atoms with van der Waals surface area (Å²) < 4.78 is 13.0. The van der Waals surface area contributed by atoms with Gasteiger partial charge in [0.2, 0.25) is 0 Å². The Morgan fingerprint density at radius 3 is 2.26 bits per heavy atom. The SMILES string of the molecule is O=C(O)c1cc(-c2ccc(F)cc2Cl)c(Cl)cc1O. The second-order valence-electron chi connectivity index (χ2n) is 3.78. The molecule has 2 N–H and O–H groups in total. The van der Waals surface area contributed by atoms with Crippen LogP contribution < -0.4 is 0 Å². The van der Waals surface area contributed by atoms with Crippen LogP contribution in [0.15, 0.2) is 30.3 Å². The molecular weight excluding hydrogens is 294 g/mol. The fraction of sp³-hybridized carbons (Fsp3) is 0. The molecule has 98 valence electrons. The van der Waals surface area contributed by atoms with E-state index in [1.54, 1.807) is 0 Å². The van der Waals surface area contributed by atoms with Crippen LogP contribution in [0.25, 0.3) is 11.1 Å². The van der Waals surface area contributed by atoms with Crippen LogP contribution in [0, 0.1) is 5.82 Å². The van der Waals surface area contributed by atoms with Gasteiger partial charge in [0, 0.05) is 17.2 Å². The first-order valence-electron chi connectivity index (χ1n) is 5.11. The maximum Gasteiger partial charge on any atom is 0.339 e. The first kappa shape index (κ1) is 13.6. The van der Waals surface area contributed by atoms with E-state index >= 15 is 0 Å². The number of aromatic hydroxyl groups is 1. The van der Waals surface area contributed by atoms with E-state index in [1.165, 1.54) is 18.2 Å². The van der Waals surface area contributed by atoms with Crippen molar-refractivity contribution < 1.29 is 19.4 Å². The Balaban J connectivity index is 2.68. The smallest absolute Gasteiger partial charge is 0.339 e. The van der Waals surface area contributed by atoms with E-state index in [4.69, 9.17) is 28.3 Å². The molecule has 0 spiro atoms. The normalized spacial score (nSPS) is 10.5. The number of benzene rings is 2. The Bertz CT molecular complexity index is 671. The fourth-order valence-electron chi connectivity index (χ4n) is 1.65. The molecule has 0 heterocycles. The zero-order valence-electron chi connectivity index (χ0n) is 9.32. The van der Waals surface area contributed by atoms with Crippen LogP contribution in [0.5, 0.6) is 5.75 Å². The maximum absolute atomic E-state index is 13.0. The van der Waals surface area contributed by atoms with Crippen LogP contribution in [0.3, 0.4) is 0 Å². The van der Waals surface area contributed by atoms with Gasteiger partial charge in [-0.15, -0.1) is 0 Å². The number of carbonyl (C=O) groups is 1. The van der Waals surface area contributed by atoms with Crippen LogP contribution in [0.2, 0.25) is 10.0 Å². The van der Waals surface area contributed by atoms with E-state index in [1.807, 2.05) is 0 Å². The molecule has 2 aromatic rings. The van der Waals surface area contributed by atoms with Crippen molar-refractivity contribution >= 4 is 29.2 Å². The number of carboxylic acids is 1. The minimum atomic E-state index is -1.30. The molecule has 0 bridgehead atoms. The van der Waals surface area contributed by atoms with Crippen LogP contribution in [0.4, 0.5) is 4.39 Å². The molecule has 6 heteroatoms. The number of rotatable bonds is 2. The molecule has 0 aromatic heterocycles. The summed E-state index contributed by atoms with van der Waals surface area (Å²) in [4.78, 5) is 11.0. The molecule has 0 saturated carbocycles. The zero-order valence-corrected chi connectivity index (χ0v) is 10.8. The van der Waals surface area contributed by atoms with Gasteiger partial charge in [0.15, 0.2) is 0 Å². The lowest BCUT2D eigenvalue weighted by Crippen LogP contribution is -1.98. The summed E-state index contributed by atoms with van der Waals surface area (Å²) in [6.45, 7) is 0. The fourth-order valence-corrected chi connectivity index (χ4v) is 2.18. The highest BCUT2D eigenvalue weighted by atomic mass is 35.5. The molecule has 0 atom stereocenters. The molecule has 3 nitrogen and oxygen atoms in total. The predicted molar refractivity (Wildman–Crippen MR) is 70.5 cm³/mol. The van der Waals surface area contributed by atoms with Crippen LogP contribution >= 0.6 is 23.2 Å². The van der Waals surface area contributed by atoms with Gasteiger partial charge in [-0.1, -0.05) is 23.2 Å². The molecule has 0 aliphatic heterocycles. The number of aromatic carboxylic acids is 1. The van der Waals surface area contributed by atoms with Crippen molar-refractivity contribution in [3.63, 3.8) is 0 Å². The van der Waals surface area contributed by atoms with Gasteiger partial charge in [-0.2, -0.15) is 0 Å². The molecule has 0 unspecified atom stereocenters. The third-order valence-electron chi connectivity index (χ3n) is 2.54. The Kier molecular flexibility index (Phi) is 3.64. The minimum absolute atomic E-state index is 0.101. The second-order valence-corrected chi connectivity index (χ2v) is 4.59. The summed E-state index contributed by atoms with van der Waals surface area (Å²) in [5, 5.41) is 18.7. The summed E-state index contributed by atoms with van der Waals surface area (Å²) in [6, 6.07) is 5.98. The lowest BCUT2D eigenvalue weighted by molar-refractivity contribution is 0.0694. The van der Waals surface area contributed by atoms with E-state index in [-0.39, 0.29) is 15.6 Å². The first-order valence-corrected chi connectivity index (χ1v) is 5.87. The quantitative estimate of drug-likeness (QED) is 0.874. The van der Waals surface area contributed by atoms with E-state index in [0.29, 0.717) is 11.1 Å². The highest BCUT2D eigenvalue weighted by Gasteiger charge is 2.16. The summed E-state index contributed by atoms with van der Waals surface area (Å²) in [5.41, 5.74) is 0.386. The van der Waals surface area contributed by atoms with Crippen LogP contribution in [0.1, 0.15) is 10.4 Å².